The van der Waals surface area contributed by atoms with Crippen molar-refractivity contribution >= 4 is 17.0 Å². The van der Waals surface area contributed by atoms with Crippen LogP contribution in [-0.4, -0.2) is 24.0 Å². The molecule has 0 aliphatic heterocycles. The minimum atomic E-state index is -0.135. The highest BCUT2D eigenvalue weighted by atomic mass is 16.5. The third kappa shape index (κ3) is 3.82. The van der Waals surface area contributed by atoms with E-state index < -0.39 is 0 Å². The molecule has 1 heterocycles. The minimum absolute atomic E-state index is 0.0306. The van der Waals surface area contributed by atoms with Gasteiger partial charge in [0, 0.05) is 6.54 Å². The van der Waals surface area contributed by atoms with E-state index in [1.54, 1.807) is 0 Å². The van der Waals surface area contributed by atoms with Crippen LogP contribution in [0, 0.1) is 13.8 Å². The Bertz CT molecular complexity index is 899. The number of carbonyl (C=O) groups excluding carboxylic acids is 1. The summed E-state index contributed by atoms with van der Waals surface area (Å²) in [5.41, 5.74) is 4.34. The minimum Gasteiger partial charge on any atom is -0.483 e. The Balaban J connectivity index is 1.90. The molecule has 0 bridgehead atoms. The molecule has 5 nitrogen and oxygen atoms in total. The Hall–Kier alpha value is -2.82. The lowest BCUT2D eigenvalue weighted by atomic mass is 10.1. The highest BCUT2D eigenvalue weighted by Gasteiger charge is 2.16. The van der Waals surface area contributed by atoms with Crippen molar-refractivity contribution in [2.75, 3.05) is 13.2 Å². The largest absolute Gasteiger partial charge is 0.483 e. The smallest absolute Gasteiger partial charge is 0.257 e. The van der Waals surface area contributed by atoms with Crippen molar-refractivity contribution in [3.63, 3.8) is 0 Å². The van der Waals surface area contributed by atoms with Gasteiger partial charge in [-0.05, 0) is 49.6 Å². The number of aromatic nitrogens is 1. The number of ether oxygens (including phenoxy) is 1. The number of nitrogens with zero attached hydrogens (tertiary/aromatic N) is 1. The predicted octanol–water partition coefficient (Wildman–Crippen LogP) is 4.02. The van der Waals surface area contributed by atoms with Crippen LogP contribution in [0.25, 0.3) is 22.6 Å². The van der Waals surface area contributed by atoms with Gasteiger partial charge in [-0.2, -0.15) is 0 Å². The second kappa shape index (κ2) is 7.38. The molecule has 1 aromatic heterocycles. The molecule has 0 aliphatic rings. The number of para-hydroxylation sites is 1. The molecule has 0 unspecified atom stereocenters. The number of benzene rings is 2. The van der Waals surface area contributed by atoms with Crippen molar-refractivity contribution in [2.24, 2.45) is 0 Å². The molecule has 0 saturated carbocycles. The van der Waals surface area contributed by atoms with E-state index in [2.05, 4.69) is 10.3 Å². The molecule has 0 saturated heterocycles. The molecule has 0 radical (unpaired) electrons. The predicted molar refractivity (Wildman–Crippen MR) is 97.7 cm³/mol. The lowest BCUT2D eigenvalue weighted by Gasteiger charge is -2.12. The Kier molecular flexibility index (Phi) is 5.03. The Morgan fingerprint density at radius 3 is 2.88 bits per heavy atom. The van der Waals surface area contributed by atoms with Crippen LogP contribution in [0.3, 0.4) is 0 Å². The Morgan fingerprint density at radius 1 is 1.24 bits per heavy atom. The first kappa shape index (κ1) is 17.0. The van der Waals surface area contributed by atoms with Gasteiger partial charge >= 0.3 is 0 Å². The SMILES string of the molecule is CCCNC(=O)COc1c(C)cccc1-c1nc2cc(C)ccc2o1. The summed E-state index contributed by atoms with van der Waals surface area (Å²) in [5.74, 6) is 0.981. The summed E-state index contributed by atoms with van der Waals surface area (Å²) in [4.78, 5) is 16.4. The molecule has 0 atom stereocenters. The van der Waals surface area contributed by atoms with E-state index in [-0.39, 0.29) is 12.5 Å². The van der Waals surface area contributed by atoms with Gasteiger partial charge in [-0.15, -0.1) is 0 Å². The van der Waals surface area contributed by atoms with Crippen LogP contribution < -0.4 is 10.1 Å². The van der Waals surface area contributed by atoms with E-state index in [9.17, 15) is 4.79 Å². The fourth-order valence-electron chi connectivity index (χ4n) is 2.62. The zero-order valence-corrected chi connectivity index (χ0v) is 14.8. The first-order valence-corrected chi connectivity index (χ1v) is 8.45. The van der Waals surface area contributed by atoms with Crippen LogP contribution in [0.5, 0.6) is 5.75 Å². The summed E-state index contributed by atoms with van der Waals surface area (Å²) in [6, 6.07) is 11.6. The van der Waals surface area contributed by atoms with Crippen LogP contribution in [-0.2, 0) is 4.79 Å². The molecule has 0 spiro atoms. The summed E-state index contributed by atoms with van der Waals surface area (Å²) in [6.45, 7) is 6.58. The van der Waals surface area contributed by atoms with Gasteiger partial charge in [-0.25, -0.2) is 4.98 Å². The number of nitrogens with one attached hydrogen (secondary N) is 1. The van der Waals surface area contributed by atoms with Crippen molar-refractivity contribution in [1.29, 1.82) is 0 Å². The maximum atomic E-state index is 11.8. The van der Waals surface area contributed by atoms with E-state index in [4.69, 9.17) is 9.15 Å². The number of hydrogen-bond donors (Lipinski definition) is 1. The molecule has 1 amide bonds. The van der Waals surface area contributed by atoms with Gasteiger partial charge in [-0.1, -0.05) is 25.1 Å². The monoisotopic (exact) mass is 338 g/mol. The second-order valence-corrected chi connectivity index (χ2v) is 6.08. The van der Waals surface area contributed by atoms with Gasteiger partial charge in [0.1, 0.15) is 11.3 Å². The average Bonchev–Trinajstić information content (AvgIpc) is 3.01. The standard InChI is InChI=1S/C20H22N2O3/c1-4-10-21-18(23)12-24-19-14(3)6-5-7-15(19)20-22-16-11-13(2)8-9-17(16)25-20/h5-9,11H,4,10,12H2,1-3H3,(H,21,23). The topological polar surface area (TPSA) is 64.4 Å². The fourth-order valence-corrected chi connectivity index (χ4v) is 2.62. The molecule has 5 heteroatoms. The van der Waals surface area contributed by atoms with Gasteiger partial charge in [0.25, 0.3) is 5.91 Å². The lowest BCUT2D eigenvalue weighted by Crippen LogP contribution is -2.29. The molecule has 3 aromatic rings. The maximum Gasteiger partial charge on any atom is 0.257 e. The average molecular weight is 338 g/mol. The van der Waals surface area contributed by atoms with E-state index in [0.29, 0.717) is 18.2 Å². The number of oxazole rings is 1. The van der Waals surface area contributed by atoms with E-state index in [0.717, 1.165) is 34.2 Å². The molecule has 2 aromatic carbocycles. The first-order valence-electron chi connectivity index (χ1n) is 8.45. The van der Waals surface area contributed by atoms with Crippen molar-refractivity contribution < 1.29 is 13.9 Å². The maximum absolute atomic E-state index is 11.8. The van der Waals surface area contributed by atoms with Crippen LogP contribution in [0.1, 0.15) is 24.5 Å². The Labute approximate surface area is 147 Å². The molecule has 0 fully saturated rings. The van der Waals surface area contributed by atoms with E-state index in [1.165, 1.54) is 0 Å². The third-order valence-electron chi connectivity index (χ3n) is 3.91. The molecular weight excluding hydrogens is 316 g/mol. The molecular formula is C20H22N2O3. The van der Waals surface area contributed by atoms with Crippen LogP contribution in [0.2, 0.25) is 0 Å². The van der Waals surface area contributed by atoms with Gasteiger partial charge < -0.3 is 14.5 Å². The van der Waals surface area contributed by atoms with Crippen molar-refractivity contribution in [2.45, 2.75) is 27.2 Å². The molecule has 3 rings (SSSR count). The molecule has 1 N–H and O–H groups in total. The number of rotatable bonds is 6. The van der Waals surface area contributed by atoms with Crippen molar-refractivity contribution in [3.05, 3.63) is 47.5 Å². The van der Waals surface area contributed by atoms with Gasteiger partial charge in [0.2, 0.25) is 5.89 Å². The zero-order chi connectivity index (χ0) is 17.8. The van der Waals surface area contributed by atoms with E-state index in [1.807, 2.05) is 57.2 Å². The summed E-state index contributed by atoms with van der Waals surface area (Å²) in [7, 11) is 0. The number of hydrogen-bond acceptors (Lipinski definition) is 4. The highest BCUT2D eigenvalue weighted by molar-refractivity contribution is 5.80. The zero-order valence-electron chi connectivity index (χ0n) is 14.8. The van der Waals surface area contributed by atoms with Gasteiger partial charge in [0.15, 0.2) is 12.2 Å². The van der Waals surface area contributed by atoms with E-state index >= 15 is 0 Å². The second-order valence-electron chi connectivity index (χ2n) is 6.08. The van der Waals surface area contributed by atoms with Crippen LogP contribution >= 0.6 is 0 Å². The number of amides is 1. The van der Waals surface area contributed by atoms with Crippen molar-refractivity contribution in [1.82, 2.24) is 10.3 Å². The molecule has 0 aliphatic carbocycles. The normalized spacial score (nSPS) is 10.8. The summed E-state index contributed by atoms with van der Waals surface area (Å²) in [6.07, 6.45) is 0.893. The third-order valence-corrected chi connectivity index (χ3v) is 3.91. The highest BCUT2D eigenvalue weighted by Crippen LogP contribution is 2.34. The summed E-state index contributed by atoms with van der Waals surface area (Å²) in [5, 5.41) is 2.81. The number of fused-ring (bicyclic) bond motifs is 1. The number of aryl methyl sites for hydroxylation is 2. The van der Waals surface area contributed by atoms with Crippen LogP contribution in [0.15, 0.2) is 40.8 Å². The first-order chi connectivity index (χ1) is 12.1. The number of carbonyl (C=O) groups is 1. The van der Waals surface area contributed by atoms with Crippen LogP contribution in [0.4, 0.5) is 0 Å². The van der Waals surface area contributed by atoms with Gasteiger partial charge in [0.05, 0.1) is 5.56 Å². The Morgan fingerprint density at radius 2 is 2.08 bits per heavy atom. The quantitative estimate of drug-likeness (QED) is 0.737. The summed E-state index contributed by atoms with van der Waals surface area (Å²) < 4.78 is 11.7. The fraction of sp³-hybridized carbons (Fsp3) is 0.300. The summed E-state index contributed by atoms with van der Waals surface area (Å²) >= 11 is 0. The lowest BCUT2D eigenvalue weighted by molar-refractivity contribution is -0.123. The van der Waals surface area contributed by atoms with Gasteiger partial charge in [-0.3, -0.25) is 4.79 Å². The molecule has 25 heavy (non-hydrogen) atoms. The molecule has 130 valence electrons. The van der Waals surface area contributed by atoms with Crippen molar-refractivity contribution in [3.8, 4) is 17.2 Å².